The van der Waals surface area contributed by atoms with Crippen molar-refractivity contribution in [2.45, 2.75) is 13.0 Å². The van der Waals surface area contributed by atoms with Crippen LogP contribution in [0, 0.1) is 0 Å². The van der Waals surface area contributed by atoms with Crippen molar-refractivity contribution in [2.24, 2.45) is 5.73 Å². The largest absolute Gasteiger partial charge is 0.368 e. The third-order valence-corrected chi connectivity index (χ3v) is 2.11. The van der Waals surface area contributed by atoms with E-state index in [1.165, 1.54) is 4.80 Å². The van der Waals surface area contributed by atoms with Gasteiger partial charge in [-0.05, 0) is 24.3 Å². The Labute approximate surface area is 91.3 Å². The van der Waals surface area contributed by atoms with E-state index in [2.05, 4.69) is 20.4 Å². The summed E-state index contributed by atoms with van der Waals surface area (Å²) in [6, 6.07) is 2.97. The van der Waals surface area contributed by atoms with Crippen LogP contribution in [-0.2, 0) is 4.79 Å². The fraction of sp³-hybridized carbons (Fsp3) is 0.222. The Morgan fingerprint density at radius 3 is 3.00 bits per heavy atom. The van der Waals surface area contributed by atoms with Crippen molar-refractivity contribution in [2.75, 3.05) is 0 Å². The normalized spacial score (nSPS) is 12.3. The van der Waals surface area contributed by atoms with Gasteiger partial charge in [-0.1, -0.05) is 0 Å². The first-order valence-corrected chi connectivity index (χ1v) is 4.67. The number of carbonyl (C=O) groups is 1. The van der Waals surface area contributed by atoms with E-state index in [1.54, 1.807) is 25.4 Å². The average Bonchev–Trinajstić information content (AvgIpc) is 2.78. The summed E-state index contributed by atoms with van der Waals surface area (Å²) in [6.45, 7) is 1.61. The lowest BCUT2D eigenvalue weighted by atomic mass is 10.3. The lowest BCUT2D eigenvalue weighted by Gasteiger charge is -2.02. The van der Waals surface area contributed by atoms with Gasteiger partial charge in [0.05, 0.1) is 0 Å². The van der Waals surface area contributed by atoms with Crippen molar-refractivity contribution in [1.29, 1.82) is 0 Å². The average molecular weight is 218 g/mol. The molecule has 0 fully saturated rings. The highest BCUT2D eigenvalue weighted by atomic mass is 16.1. The molecule has 16 heavy (non-hydrogen) atoms. The van der Waals surface area contributed by atoms with Gasteiger partial charge in [0.2, 0.25) is 11.7 Å². The van der Waals surface area contributed by atoms with Gasteiger partial charge in [0.1, 0.15) is 6.04 Å². The first-order valence-electron chi connectivity index (χ1n) is 4.67. The predicted octanol–water partition coefficient (Wildman–Crippen LogP) is -0.219. The number of aromatic nitrogens is 5. The number of pyridine rings is 1. The first kappa shape index (κ1) is 10.2. The highest BCUT2D eigenvalue weighted by Crippen LogP contribution is 2.11. The Bertz CT molecular complexity index is 494. The van der Waals surface area contributed by atoms with Crippen molar-refractivity contribution in [3.05, 3.63) is 24.5 Å². The van der Waals surface area contributed by atoms with Gasteiger partial charge in [0.25, 0.3) is 0 Å². The molecule has 0 aliphatic rings. The van der Waals surface area contributed by atoms with Gasteiger partial charge in [-0.25, -0.2) is 0 Å². The highest BCUT2D eigenvalue weighted by Gasteiger charge is 2.15. The minimum absolute atomic E-state index is 0.418. The molecule has 0 saturated heterocycles. The quantitative estimate of drug-likeness (QED) is 0.767. The molecule has 1 unspecified atom stereocenters. The molecule has 0 aliphatic carbocycles. The van der Waals surface area contributed by atoms with Crippen LogP contribution in [0.25, 0.3) is 11.4 Å². The van der Waals surface area contributed by atoms with Crippen molar-refractivity contribution < 1.29 is 4.79 Å². The third kappa shape index (κ3) is 1.88. The third-order valence-electron chi connectivity index (χ3n) is 2.11. The van der Waals surface area contributed by atoms with Crippen LogP contribution in [0.1, 0.15) is 13.0 Å². The molecular weight excluding hydrogens is 208 g/mol. The Balaban J connectivity index is 2.30. The number of nitrogens with zero attached hydrogens (tertiary/aromatic N) is 5. The van der Waals surface area contributed by atoms with E-state index >= 15 is 0 Å². The number of nitrogens with two attached hydrogens (primary N) is 1. The summed E-state index contributed by atoms with van der Waals surface area (Å²) in [7, 11) is 0. The van der Waals surface area contributed by atoms with Gasteiger partial charge in [0, 0.05) is 18.0 Å². The fourth-order valence-corrected chi connectivity index (χ4v) is 1.11. The van der Waals surface area contributed by atoms with E-state index in [0.29, 0.717) is 5.82 Å². The molecule has 1 atom stereocenters. The molecule has 0 bridgehead atoms. The Morgan fingerprint density at radius 1 is 1.56 bits per heavy atom. The predicted molar refractivity (Wildman–Crippen MR) is 55.0 cm³/mol. The number of hydrogen-bond donors (Lipinski definition) is 1. The maximum absolute atomic E-state index is 10.9. The fourth-order valence-electron chi connectivity index (χ4n) is 1.11. The minimum Gasteiger partial charge on any atom is -0.368 e. The topological polar surface area (TPSA) is 99.6 Å². The molecule has 7 nitrogen and oxygen atoms in total. The molecule has 0 saturated carbocycles. The Hall–Kier alpha value is -2.31. The van der Waals surface area contributed by atoms with Gasteiger partial charge >= 0.3 is 0 Å². The number of primary amides is 1. The summed E-state index contributed by atoms with van der Waals surface area (Å²) in [5.41, 5.74) is 5.88. The van der Waals surface area contributed by atoms with Crippen LogP contribution in [0.4, 0.5) is 0 Å². The first-order chi connectivity index (χ1) is 7.68. The summed E-state index contributed by atoms with van der Waals surface area (Å²) < 4.78 is 0. The summed E-state index contributed by atoms with van der Waals surface area (Å²) >= 11 is 0. The molecule has 2 aromatic heterocycles. The van der Waals surface area contributed by atoms with Crippen LogP contribution in [0.15, 0.2) is 24.5 Å². The second kappa shape index (κ2) is 4.05. The van der Waals surface area contributed by atoms with Crippen LogP contribution < -0.4 is 5.73 Å². The van der Waals surface area contributed by atoms with Crippen molar-refractivity contribution in [3.63, 3.8) is 0 Å². The second-order valence-corrected chi connectivity index (χ2v) is 3.25. The Morgan fingerprint density at radius 2 is 2.38 bits per heavy atom. The lowest BCUT2D eigenvalue weighted by molar-refractivity contribution is -0.121. The van der Waals surface area contributed by atoms with Gasteiger partial charge in [0.15, 0.2) is 0 Å². The lowest BCUT2D eigenvalue weighted by Crippen LogP contribution is -2.25. The number of hydrogen-bond acceptors (Lipinski definition) is 5. The molecule has 7 heteroatoms. The van der Waals surface area contributed by atoms with Crippen LogP contribution in [0.5, 0.6) is 0 Å². The van der Waals surface area contributed by atoms with Gasteiger partial charge < -0.3 is 5.73 Å². The smallest absolute Gasteiger partial charge is 0.243 e. The highest BCUT2D eigenvalue weighted by molar-refractivity contribution is 5.77. The molecule has 0 aliphatic heterocycles. The molecule has 0 spiro atoms. The van der Waals surface area contributed by atoms with E-state index < -0.39 is 11.9 Å². The molecule has 2 heterocycles. The summed E-state index contributed by atoms with van der Waals surface area (Å²) in [6.07, 6.45) is 3.27. The minimum atomic E-state index is -0.613. The number of tetrazole rings is 1. The summed E-state index contributed by atoms with van der Waals surface area (Å²) in [5.74, 6) is -0.0867. The van der Waals surface area contributed by atoms with Crippen LogP contribution >= 0.6 is 0 Å². The maximum Gasteiger partial charge on any atom is 0.243 e. The molecule has 2 aromatic rings. The zero-order valence-electron chi connectivity index (χ0n) is 8.61. The molecule has 1 amide bonds. The van der Waals surface area contributed by atoms with Crippen molar-refractivity contribution >= 4 is 5.91 Å². The molecule has 82 valence electrons. The van der Waals surface area contributed by atoms with Crippen molar-refractivity contribution in [1.82, 2.24) is 25.2 Å². The maximum atomic E-state index is 10.9. The van der Waals surface area contributed by atoms with Crippen LogP contribution in [-0.4, -0.2) is 31.1 Å². The van der Waals surface area contributed by atoms with E-state index in [4.69, 9.17) is 5.73 Å². The molecular formula is C9H10N6O. The van der Waals surface area contributed by atoms with Gasteiger partial charge in [-0.3, -0.25) is 9.78 Å². The zero-order chi connectivity index (χ0) is 11.5. The molecule has 0 aromatic carbocycles. The molecule has 0 radical (unpaired) electrons. The summed E-state index contributed by atoms with van der Waals surface area (Å²) in [5, 5.41) is 11.6. The van der Waals surface area contributed by atoms with Crippen LogP contribution in [0.2, 0.25) is 0 Å². The standard InChI is InChI=1S/C9H10N6O/c1-6(8(10)16)15-13-9(12-14-15)7-3-2-4-11-5-7/h2-6H,1H3,(H2,10,16). The van der Waals surface area contributed by atoms with E-state index in [1.807, 2.05) is 6.07 Å². The van der Waals surface area contributed by atoms with Gasteiger partial charge in [-0.15, -0.1) is 10.2 Å². The SMILES string of the molecule is CC(C(N)=O)n1nnc(-c2cccnc2)n1. The molecule has 2 rings (SSSR count). The number of amides is 1. The zero-order valence-corrected chi connectivity index (χ0v) is 8.61. The number of rotatable bonds is 3. The van der Waals surface area contributed by atoms with E-state index in [9.17, 15) is 4.79 Å². The van der Waals surface area contributed by atoms with E-state index in [0.717, 1.165) is 5.56 Å². The summed E-state index contributed by atoms with van der Waals surface area (Å²) in [4.78, 5) is 16.1. The van der Waals surface area contributed by atoms with Crippen LogP contribution in [0.3, 0.4) is 0 Å². The molecule has 2 N–H and O–H groups in total. The number of carbonyl (C=O) groups excluding carboxylic acids is 1. The van der Waals surface area contributed by atoms with Crippen molar-refractivity contribution in [3.8, 4) is 11.4 Å². The Kier molecular flexibility index (Phi) is 2.59. The second-order valence-electron chi connectivity index (χ2n) is 3.25. The van der Waals surface area contributed by atoms with Gasteiger partial charge in [-0.2, -0.15) is 4.80 Å². The van der Waals surface area contributed by atoms with E-state index in [-0.39, 0.29) is 0 Å². The monoisotopic (exact) mass is 218 g/mol.